The number of Topliss-reactive ketones (excluding diaryl/α,β-unsaturated/α-hetero) is 1. The van der Waals surface area contributed by atoms with Gasteiger partial charge in [0.15, 0.2) is 22.9 Å². The summed E-state index contributed by atoms with van der Waals surface area (Å²) in [5.74, 6) is -1.12. The Morgan fingerprint density at radius 2 is 2.09 bits per heavy atom. The maximum Gasteiger partial charge on any atom is 0.290 e. The molecule has 1 unspecified atom stereocenters. The summed E-state index contributed by atoms with van der Waals surface area (Å²) in [5.41, 5.74) is 0.265. The van der Waals surface area contributed by atoms with Crippen LogP contribution in [0.5, 0.6) is 5.75 Å². The Labute approximate surface area is 189 Å². The first-order valence-electron chi connectivity index (χ1n) is 10.1. The SMILES string of the molecule is COc1cc(Cl)cc2cc(C(=O)C3=C(O)C(=O)N(CCCN(C)C)C3c3ccco3)oc12. The molecule has 168 valence electrons. The molecule has 1 aliphatic rings. The number of methoxy groups -OCH3 is 1. The normalized spacial score (nSPS) is 16.6. The van der Waals surface area contributed by atoms with Crippen LogP contribution in [0.2, 0.25) is 5.02 Å². The number of aliphatic hydroxyl groups excluding tert-OH is 1. The lowest BCUT2D eigenvalue weighted by molar-refractivity contribution is -0.129. The minimum atomic E-state index is -0.856. The molecule has 3 heterocycles. The van der Waals surface area contributed by atoms with Gasteiger partial charge in [0.25, 0.3) is 5.91 Å². The number of carbonyl (C=O) groups excluding carboxylic acids is 2. The zero-order valence-electron chi connectivity index (χ0n) is 17.9. The molecule has 3 aromatic rings. The number of ether oxygens (including phenoxy) is 1. The average Bonchev–Trinajstić information content (AvgIpc) is 3.47. The van der Waals surface area contributed by atoms with Gasteiger partial charge in [0.05, 0.1) is 18.9 Å². The third kappa shape index (κ3) is 3.87. The number of hydrogen-bond donors (Lipinski definition) is 1. The number of ketones is 1. The molecule has 0 bridgehead atoms. The zero-order valence-corrected chi connectivity index (χ0v) is 18.7. The van der Waals surface area contributed by atoms with Gasteiger partial charge >= 0.3 is 0 Å². The molecule has 0 fully saturated rings. The van der Waals surface area contributed by atoms with Crippen molar-refractivity contribution in [2.45, 2.75) is 12.5 Å². The Bertz CT molecular complexity index is 1190. The summed E-state index contributed by atoms with van der Waals surface area (Å²) >= 11 is 6.12. The fourth-order valence-corrected chi connectivity index (χ4v) is 4.11. The summed E-state index contributed by atoms with van der Waals surface area (Å²) in [6.45, 7) is 1.08. The van der Waals surface area contributed by atoms with Crippen LogP contribution in [0.3, 0.4) is 0 Å². The summed E-state index contributed by atoms with van der Waals surface area (Å²) in [4.78, 5) is 29.8. The van der Waals surface area contributed by atoms with E-state index < -0.39 is 23.5 Å². The van der Waals surface area contributed by atoms with E-state index in [1.165, 1.54) is 24.3 Å². The number of aliphatic hydroxyl groups is 1. The van der Waals surface area contributed by atoms with Crippen LogP contribution in [-0.2, 0) is 4.79 Å². The summed E-state index contributed by atoms with van der Waals surface area (Å²) in [6.07, 6.45) is 2.12. The highest BCUT2D eigenvalue weighted by Crippen LogP contribution is 2.40. The van der Waals surface area contributed by atoms with Crippen LogP contribution in [-0.4, -0.2) is 60.9 Å². The molecule has 8 nitrogen and oxygen atoms in total. The Morgan fingerprint density at radius 3 is 2.75 bits per heavy atom. The molecule has 2 aromatic heterocycles. The third-order valence-electron chi connectivity index (χ3n) is 5.36. The van der Waals surface area contributed by atoms with Crippen molar-refractivity contribution in [3.8, 4) is 5.75 Å². The van der Waals surface area contributed by atoms with Gasteiger partial charge in [0, 0.05) is 23.0 Å². The van der Waals surface area contributed by atoms with Crippen LogP contribution in [0.15, 0.2) is 56.8 Å². The molecule has 1 aliphatic heterocycles. The van der Waals surface area contributed by atoms with Gasteiger partial charge in [-0.25, -0.2) is 0 Å². The summed E-state index contributed by atoms with van der Waals surface area (Å²) in [5, 5.41) is 11.7. The second-order valence-electron chi connectivity index (χ2n) is 7.80. The van der Waals surface area contributed by atoms with E-state index in [1.807, 2.05) is 19.0 Å². The molecule has 9 heteroatoms. The van der Waals surface area contributed by atoms with Gasteiger partial charge in [-0.15, -0.1) is 0 Å². The van der Waals surface area contributed by atoms with Crippen LogP contribution in [0, 0.1) is 0 Å². The van der Waals surface area contributed by atoms with Crippen LogP contribution in [0.4, 0.5) is 0 Å². The molecule has 32 heavy (non-hydrogen) atoms. The first-order valence-corrected chi connectivity index (χ1v) is 10.4. The van der Waals surface area contributed by atoms with Crippen molar-refractivity contribution in [2.75, 3.05) is 34.3 Å². The maximum absolute atomic E-state index is 13.5. The number of benzene rings is 1. The number of hydrogen-bond acceptors (Lipinski definition) is 7. The molecule has 0 spiro atoms. The molecule has 0 radical (unpaired) electrons. The second-order valence-corrected chi connectivity index (χ2v) is 8.24. The van der Waals surface area contributed by atoms with Gasteiger partial charge in [0.1, 0.15) is 11.8 Å². The number of nitrogens with zero attached hydrogens (tertiary/aromatic N) is 2. The number of rotatable bonds is 8. The van der Waals surface area contributed by atoms with Crippen LogP contribution in [0.1, 0.15) is 28.8 Å². The summed E-state index contributed by atoms with van der Waals surface area (Å²) in [6, 6.07) is 7.23. The lowest BCUT2D eigenvalue weighted by Gasteiger charge is -2.25. The van der Waals surface area contributed by atoms with Crippen molar-refractivity contribution in [1.82, 2.24) is 9.80 Å². The Hall–Kier alpha value is -3.23. The Balaban J connectivity index is 1.74. The van der Waals surface area contributed by atoms with Gasteiger partial charge in [-0.05, 0) is 51.3 Å². The van der Waals surface area contributed by atoms with E-state index in [9.17, 15) is 14.7 Å². The smallest absolute Gasteiger partial charge is 0.290 e. The van der Waals surface area contributed by atoms with Crippen molar-refractivity contribution < 1.29 is 28.3 Å². The monoisotopic (exact) mass is 458 g/mol. The molecule has 1 aromatic carbocycles. The molecule has 1 amide bonds. The highest BCUT2D eigenvalue weighted by atomic mass is 35.5. The van der Waals surface area contributed by atoms with E-state index in [1.54, 1.807) is 24.3 Å². The predicted octanol–water partition coefficient (Wildman–Crippen LogP) is 4.22. The Kier molecular flexibility index (Phi) is 5.99. The fourth-order valence-electron chi connectivity index (χ4n) is 3.90. The Morgan fingerprint density at radius 1 is 1.31 bits per heavy atom. The quantitative estimate of drug-likeness (QED) is 0.505. The lowest BCUT2D eigenvalue weighted by atomic mass is 9.99. The minimum absolute atomic E-state index is 0.0402. The molecule has 1 N–H and O–H groups in total. The second kappa shape index (κ2) is 8.72. The fraction of sp³-hybridized carbons (Fsp3) is 0.304. The lowest BCUT2D eigenvalue weighted by Crippen LogP contribution is -2.33. The molecule has 0 saturated heterocycles. The number of carbonyl (C=O) groups is 2. The van der Waals surface area contributed by atoms with E-state index in [0.717, 1.165) is 6.54 Å². The zero-order chi connectivity index (χ0) is 23.0. The van der Waals surface area contributed by atoms with E-state index in [-0.39, 0.29) is 11.3 Å². The average molecular weight is 459 g/mol. The number of fused-ring (bicyclic) bond motifs is 1. The maximum atomic E-state index is 13.5. The first-order chi connectivity index (χ1) is 15.3. The van der Waals surface area contributed by atoms with Crippen molar-refractivity contribution in [2.24, 2.45) is 0 Å². The van der Waals surface area contributed by atoms with Crippen molar-refractivity contribution >= 4 is 34.3 Å². The molecule has 0 saturated carbocycles. The van der Waals surface area contributed by atoms with Gasteiger partial charge < -0.3 is 28.5 Å². The third-order valence-corrected chi connectivity index (χ3v) is 5.57. The van der Waals surface area contributed by atoms with E-state index in [4.69, 9.17) is 25.2 Å². The van der Waals surface area contributed by atoms with Crippen LogP contribution in [0.25, 0.3) is 11.0 Å². The van der Waals surface area contributed by atoms with Gasteiger partial charge in [-0.1, -0.05) is 11.6 Å². The van der Waals surface area contributed by atoms with Crippen LogP contribution < -0.4 is 4.74 Å². The van der Waals surface area contributed by atoms with Crippen molar-refractivity contribution in [3.05, 3.63) is 64.5 Å². The molecular formula is C23H23ClN2O6. The van der Waals surface area contributed by atoms with E-state index >= 15 is 0 Å². The predicted molar refractivity (Wildman–Crippen MR) is 118 cm³/mol. The first kappa shape index (κ1) is 22.0. The van der Waals surface area contributed by atoms with E-state index in [2.05, 4.69) is 0 Å². The van der Waals surface area contributed by atoms with Gasteiger partial charge in [-0.3, -0.25) is 9.59 Å². The topological polar surface area (TPSA) is 96.4 Å². The van der Waals surface area contributed by atoms with Crippen molar-refractivity contribution in [3.63, 3.8) is 0 Å². The molecule has 0 aliphatic carbocycles. The highest BCUT2D eigenvalue weighted by Gasteiger charge is 2.45. The number of amides is 1. The summed E-state index contributed by atoms with van der Waals surface area (Å²) < 4.78 is 16.6. The standard InChI is InChI=1S/C23H23ClN2O6/c1-25(2)7-5-8-26-19(15-6-4-9-31-15)18(21(28)23(26)29)20(27)16-11-13-10-14(24)12-17(30-3)22(13)32-16/h4,6,9-12,19,28H,5,7-8H2,1-3H3. The largest absolute Gasteiger partial charge is 0.503 e. The molecular weight excluding hydrogens is 436 g/mol. The number of furan rings is 2. The van der Waals surface area contributed by atoms with Gasteiger partial charge in [-0.2, -0.15) is 0 Å². The minimum Gasteiger partial charge on any atom is -0.503 e. The number of halogens is 1. The van der Waals surface area contributed by atoms with Crippen LogP contribution >= 0.6 is 11.6 Å². The summed E-state index contributed by atoms with van der Waals surface area (Å²) in [7, 11) is 5.34. The molecule has 1 atom stereocenters. The van der Waals surface area contributed by atoms with Crippen molar-refractivity contribution in [1.29, 1.82) is 0 Å². The van der Waals surface area contributed by atoms with Gasteiger partial charge in [0.2, 0.25) is 5.78 Å². The molecule has 4 rings (SSSR count). The van der Waals surface area contributed by atoms with E-state index in [0.29, 0.717) is 40.5 Å². The highest BCUT2D eigenvalue weighted by molar-refractivity contribution is 6.31.